The van der Waals surface area contributed by atoms with Crippen molar-refractivity contribution in [3.63, 3.8) is 0 Å². The highest BCUT2D eigenvalue weighted by molar-refractivity contribution is 5.55. The molecule has 1 atom stereocenters. The van der Waals surface area contributed by atoms with E-state index >= 15 is 0 Å². The van der Waals surface area contributed by atoms with E-state index in [0.29, 0.717) is 11.6 Å². The monoisotopic (exact) mass is 263 g/mol. The smallest absolute Gasteiger partial charge is 0.146 e. The van der Waals surface area contributed by atoms with Gasteiger partial charge < -0.3 is 4.90 Å². The number of hydrogen-bond donors (Lipinski definition) is 0. The number of benzene rings is 1. The van der Waals surface area contributed by atoms with E-state index in [9.17, 15) is 5.26 Å². The number of anilines is 1. The van der Waals surface area contributed by atoms with E-state index in [0.717, 1.165) is 25.2 Å². The van der Waals surface area contributed by atoms with E-state index in [1.807, 2.05) is 18.2 Å². The summed E-state index contributed by atoms with van der Waals surface area (Å²) in [5.74, 6) is 0.841. The zero-order chi connectivity index (χ0) is 13.8. The Labute approximate surface area is 119 Å². The first-order chi connectivity index (χ1) is 9.88. The standard InChI is InChI=1S/C17H17N3/c18-13-15-8-4-10-19-17(15)20-11-5-9-16(20)12-14-6-2-1-3-7-14/h1-4,6-8,10,16H,5,9,11-12H2. The van der Waals surface area contributed by atoms with Gasteiger partial charge in [0.15, 0.2) is 0 Å². The van der Waals surface area contributed by atoms with Crippen molar-refractivity contribution in [3.05, 3.63) is 59.8 Å². The van der Waals surface area contributed by atoms with Gasteiger partial charge in [-0.05, 0) is 37.0 Å². The molecule has 0 amide bonds. The lowest BCUT2D eigenvalue weighted by molar-refractivity contribution is 0.657. The van der Waals surface area contributed by atoms with Crippen LogP contribution in [0.25, 0.3) is 0 Å². The van der Waals surface area contributed by atoms with Gasteiger partial charge in [-0.1, -0.05) is 30.3 Å². The zero-order valence-electron chi connectivity index (χ0n) is 11.4. The van der Waals surface area contributed by atoms with Crippen LogP contribution in [0.4, 0.5) is 5.82 Å². The van der Waals surface area contributed by atoms with Gasteiger partial charge in [0, 0.05) is 18.8 Å². The van der Waals surface area contributed by atoms with Crippen molar-refractivity contribution < 1.29 is 0 Å². The Morgan fingerprint density at radius 3 is 2.85 bits per heavy atom. The summed E-state index contributed by atoms with van der Waals surface area (Å²) in [4.78, 5) is 6.72. The fourth-order valence-corrected chi connectivity index (χ4v) is 2.93. The van der Waals surface area contributed by atoms with Gasteiger partial charge >= 0.3 is 0 Å². The Bertz CT molecular complexity index is 616. The Morgan fingerprint density at radius 1 is 1.20 bits per heavy atom. The first-order valence-electron chi connectivity index (χ1n) is 7.04. The molecule has 3 heteroatoms. The van der Waals surface area contributed by atoms with Gasteiger partial charge in [-0.15, -0.1) is 0 Å². The second-order valence-electron chi connectivity index (χ2n) is 5.17. The molecule has 3 rings (SSSR count). The summed E-state index contributed by atoms with van der Waals surface area (Å²) in [5.41, 5.74) is 2.02. The lowest BCUT2D eigenvalue weighted by Gasteiger charge is -2.26. The predicted octanol–water partition coefficient (Wildman–Crippen LogP) is 3.16. The molecule has 1 aliphatic rings. The van der Waals surface area contributed by atoms with Crippen LogP contribution in [0, 0.1) is 11.3 Å². The van der Waals surface area contributed by atoms with Crippen molar-refractivity contribution in [2.45, 2.75) is 25.3 Å². The van der Waals surface area contributed by atoms with Crippen LogP contribution >= 0.6 is 0 Å². The maximum absolute atomic E-state index is 9.24. The molecule has 0 saturated carbocycles. The minimum absolute atomic E-state index is 0.444. The summed E-state index contributed by atoms with van der Waals surface area (Å²) < 4.78 is 0. The minimum Gasteiger partial charge on any atom is -0.352 e. The summed E-state index contributed by atoms with van der Waals surface area (Å²) in [6, 6.07) is 16.9. The van der Waals surface area contributed by atoms with Crippen molar-refractivity contribution in [1.82, 2.24) is 4.98 Å². The molecule has 0 radical (unpaired) electrons. The molecule has 1 aliphatic heterocycles. The van der Waals surface area contributed by atoms with Gasteiger partial charge in [0.25, 0.3) is 0 Å². The van der Waals surface area contributed by atoms with Gasteiger partial charge in [-0.2, -0.15) is 5.26 Å². The molecule has 1 aromatic carbocycles. The molecular weight excluding hydrogens is 246 g/mol. The van der Waals surface area contributed by atoms with Crippen LogP contribution in [0.5, 0.6) is 0 Å². The highest BCUT2D eigenvalue weighted by atomic mass is 15.2. The first-order valence-corrected chi connectivity index (χ1v) is 7.04. The van der Waals surface area contributed by atoms with Crippen LogP contribution in [0.15, 0.2) is 48.7 Å². The van der Waals surface area contributed by atoms with Gasteiger partial charge in [0.05, 0.1) is 5.56 Å². The summed E-state index contributed by atoms with van der Waals surface area (Å²) >= 11 is 0. The highest BCUT2D eigenvalue weighted by Gasteiger charge is 2.27. The topological polar surface area (TPSA) is 39.9 Å². The van der Waals surface area contributed by atoms with Gasteiger partial charge in [0.2, 0.25) is 0 Å². The van der Waals surface area contributed by atoms with E-state index < -0.39 is 0 Å². The Balaban J connectivity index is 1.84. The first kappa shape index (κ1) is 12.7. The normalized spacial score (nSPS) is 17.9. The molecule has 3 nitrogen and oxygen atoms in total. The summed E-state index contributed by atoms with van der Waals surface area (Å²) in [6.07, 6.45) is 5.12. The maximum Gasteiger partial charge on any atom is 0.146 e. The molecule has 0 N–H and O–H groups in total. The summed E-state index contributed by atoms with van der Waals surface area (Å²) in [6.45, 7) is 0.989. The van der Waals surface area contributed by atoms with Gasteiger partial charge in [-0.3, -0.25) is 0 Å². The molecule has 0 bridgehead atoms. The summed E-state index contributed by atoms with van der Waals surface area (Å²) in [5, 5.41) is 9.24. The molecule has 0 aliphatic carbocycles. The largest absolute Gasteiger partial charge is 0.352 e. The third-order valence-corrected chi connectivity index (χ3v) is 3.87. The molecule has 2 heterocycles. The van der Waals surface area contributed by atoms with E-state index in [4.69, 9.17) is 0 Å². The molecule has 1 aromatic heterocycles. The second kappa shape index (κ2) is 5.75. The predicted molar refractivity (Wildman–Crippen MR) is 79.5 cm³/mol. The molecule has 0 spiro atoms. The lowest BCUT2D eigenvalue weighted by atomic mass is 10.0. The van der Waals surface area contributed by atoms with Crippen molar-refractivity contribution in [2.75, 3.05) is 11.4 Å². The van der Waals surface area contributed by atoms with Crippen molar-refractivity contribution >= 4 is 5.82 Å². The second-order valence-corrected chi connectivity index (χ2v) is 5.17. The average Bonchev–Trinajstić information content (AvgIpc) is 2.96. The number of hydrogen-bond acceptors (Lipinski definition) is 3. The Hall–Kier alpha value is -2.34. The van der Waals surface area contributed by atoms with Gasteiger partial charge in [0.1, 0.15) is 11.9 Å². The molecule has 100 valence electrons. The molecule has 1 fully saturated rings. The number of pyridine rings is 1. The van der Waals surface area contributed by atoms with Crippen LogP contribution in [0.1, 0.15) is 24.0 Å². The molecule has 20 heavy (non-hydrogen) atoms. The van der Waals surface area contributed by atoms with E-state index in [1.165, 1.54) is 12.0 Å². The van der Waals surface area contributed by atoms with Crippen molar-refractivity contribution in [3.8, 4) is 6.07 Å². The maximum atomic E-state index is 9.24. The van der Waals surface area contributed by atoms with Crippen molar-refractivity contribution in [2.24, 2.45) is 0 Å². The number of nitriles is 1. The van der Waals surface area contributed by atoms with Crippen LogP contribution in [-0.4, -0.2) is 17.6 Å². The SMILES string of the molecule is N#Cc1cccnc1N1CCCC1Cc1ccccc1. The van der Waals surface area contributed by atoms with E-state index in [2.05, 4.69) is 40.2 Å². The number of nitrogens with zero attached hydrogens (tertiary/aromatic N) is 3. The quantitative estimate of drug-likeness (QED) is 0.854. The van der Waals surface area contributed by atoms with Crippen LogP contribution < -0.4 is 4.90 Å². The molecular formula is C17H17N3. The van der Waals surface area contributed by atoms with E-state index in [1.54, 1.807) is 6.20 Å². The van der Waals surface area contributed by atoms with E-state index in [-0.39, 0.29) is 0 Å². The van der Waals surface area contributed by atoms with Crippen LogP contribution in [-0.2, 0) is 6.42 Å². The summed E-state index contributed by atoms with van der Waals surface area (Å²) in [7, 11) is 0. The number of aromatic nitrogens is 1. The Morgan fingerprint density at radius 2 is 2.05 bits per heavy atom. The lowest BCUT2D eigenvalue weighted by Crippen LogP contribution is -2.32. The van der Waals surface area contributed by atoms with Crippen LogP contribution in [0.2, 0.25) is 0 Å². The number of rotatable bonds is 3. The highest BCUT2D eigenvalue weighted by Crippen LogP contribution is 2.28. The molecule has 1 saturated heterocycles. The Kier molecular flexibility index (Phi) is 3.64. The third kappa shape index (κ3) is 2.50. The third-order valence-electron chi connectivity index (χ3n) is 3.87. The zero-order valence-corrected chi connectivity index (χ0v) is 11.4. The fourth-order valence-electron chi connectivity index (χ4n) is 2.93. The fraction of sp³-hybridized carbons (Fsp3) is 0.294. The molecule has 1 unspecified atom stereocenters. The average molecular weight is 263 g/mol. The molecule has 2 aromatic rings. The van der Waals surface area contributed by atoms with Gasteiger partial charge in [-0.25, -0.2) is 4.98 Å². The van der Waals surface area contributed by atoms with Crippen molar-refractivity contribution in [1.29, 1.82) is 5.26 Å². The van der Waals surface area contributed by atoms with Crippen LogP contribution in [0.3, 0.4) is 0 Å². The minimum atomic E-state index is 0.444.